The summed E-state index contributed by atoms with van der Waals surface area (Å²) in [6.45, 7) is 4.47. The fraction of sp³-hybridized carbons (Fsp3) is 0.467. The summed E-state index contributed by atoms with van der Waals surface area (Å²) in [7, 11) is 1.70. The molecule has 88 valence electrons. The Bertz CT molecular complexity index is 315. The zero-order valence-electron chi connectivity index (χ0n) is 10.6. The van der Waals surface area contributed by atoms with Gasteiger partial charge in [0.05, 0.1) is 13.4 Å². The van der Waals surface area contributed by atoms with Crippen LogP contribution in [0.1, 0.15) is 38.7 Å². The summed E-state index contributed by atoms with van der Waals surface area (Å²) >= 11 is 0. The van der Waals surface area contributed by atoms with E-state index in [9.17, 15) is 0 Å². The van der Waals surface area contributed by atoms with Crippen LogP contribution in [0.5, 0.6) is 0 Å². The van der Waals surface area contributed by atoms with Gasteiger partial charge in [-0.2, -0.15) is 0 Å². The van der Waals surface area contributed by atoms with Crippen LogP contribution in [-0.4, -0.2) is 7.11 Å². The van der Waals surface area contributed by atoms with Crippen molar-refractivity contribution in [1.29, 1.82) is 0 Å². The second-order valence-corrected chi connectivity index (χ2v) is 4.16. The van der Waals surface area contributed by atoms with Crippen LogP contribution in [0, 0.1) is 0 Å². The lowest BCUT2D eigenvalue weighted by molar-refractivity contribution is 0.327. The van der Waals surface area contributed by atoms with Crippen LogP contribution in [0.2, 0.25) is 0 Å². The third-order valence-corrected chi connectivity index (χ3v) is 3.20. The van der Waals surface area contributed by atoms with Crippen LogP contribution >= 0.6 is 0 Å². The molecule has 0 N–H and O–H groups in total. The van der Waals surface area contributed by atoms with Gasteiger partial charge in [-0.25, -0.2) is 0 Å². The van der Waals surface area contributed by atoms with Crippen molar-refractivity contribution >= 4 is 0 Å². The Hall–Kier alpha value is -1.24. The quantitative estimate of drug-likeness (QED) is 0.647. The summed E-state index contributed by atoms with van der Waals surface area (Å²) in [5.74, 6) is 0. The highest BCUT2D eigenvalue weighted by atomic mass is 16.5. The van der Waals surface area contributed by atoms with Crippen molar-refractivity contribution in [3.63, 3.8) is 0 Å². The van der Waals surface area contributed by atoms with E-state index < -0.39 is 0 Å². The Morgan fingerprint density at radius 3 is 2.38 bits per heavy atom. The van der Waals surface area contributed by atoms with Crippen LogP contribution in [0.25, 0.3) is 0 Å². The largest absolute Gasteiger partial charge is 0.505 e. The lowest BCUT2D eigenvalue weighted by Crippen LogP contribution is -2.22. The second kappa shape index (κ2) is 6.37. The molecular weight excluding hydrogens is 196 g/mol. The number of ether oxygens (including phenoxy) is 1. The summed E-state index contributed by atoms with van der Waals surface area (Å²) in [6, 6.07) is 10.7. The first-order chi connectivity index (χ1) is 7.79. The molecule has 0 amide bonds. The van der Waals surface area contributed by atoms with E-state index in [4.69, 9.17) is 4.74 Å². The lowest BCUT2D eigenvalue weighted by atomic mass is 9.75. The van der Waals surface area contributed by atoms with Gasteiger partial charge in [0, 0.05) is 5.41 Å². The monoisotopic (exact) mass is 218 g/mol. The molecule has 0 aliphatic rings. The van der Waals surface area contributed by atoms with Gasteiger partial charge >= 0.3 is 0 Å². The van der Waals surface area contributed by atoms with Crippen LogP contribution in [0.4, 0.5) is 0 Å². The highest BCUT2D eigenvalue weighted by Gasteiger charge is 2.26. The molecule has 16 heavy (non-hydrogen) atoms. The molecule has 0 bridgehead atoms. The first kappa shape index (κ1) is 12.8. The second-order valence-electron chi connectivity index (χ2n) is 4.16. The third kappa shape index (κ3) is 2.88. The summed E-state index contributed by atoms with van der Waals surface area (Å²) in [4.78, 5) is 0. The van der Waals surface area contributed by atoms with Crippen LogP contribution in [-0.2, 0) is 10.2 Å². The van der Waals surface area contributed by atoms with Crippen molar-refractivity contribution < 1.29 is 4.74 Å². The van der Waals surface area contributed by atoms with Gasteiger partial charge in [0.1, 0.15) is 0 Å². The molecule has 0 aliphatic carbocycles. The van der Waals surface area contributed by atoms with Crippen LogP contribution < -0.4 is 0 Å². The average Bonchev–Trinajstić information content (AvgIpc) is 2.36. The van der Waals surface area contributed by atoms with Crippen molar-refractivity contribution in [1.82, 2.24) is 0 Å². The number of hydrogen-bond acceptors (Lipinski definition) is 1. The highest BCUT2D eigenvalue weighted by molar-refractivity contribution is 5.30. The van der Waals surface area contributed by atoms with E-state index in [0.29, 0.717) is 0 Å². The van der Waals surface area contributed by atoms with E-state index in [1.165, 1.54) is 12.0 Å². The predicted octanol–water partition coefficient (Wildman–Crippen LogP) is 4.29. The van der Waals surface area contributed by atoms with E-state index in [1.807, 2.05) is 6.26 Å². The normalized spacial score (nSPS) is 14.9. The molecule has 0 radical (unpaired) electrons. The lowest BCUT2D eigenvalue weighted by Gasteiger charge is -2.29. The zero-order chi connectivity index (χ0) is 11.9. The number of allylic oxidation sites excluding steroid dienone is 1. The molecule has 1 unspecified atom stereocenters. The standard InChI is InChI=1S/C15H22O/c1-4-11-15(5-2,12-13-16-3)14-9-7-6-8-10-14/h6-10,12-13H,4-5,11H2,1-3H3. The van der Waals surface area contributed by atoms with Crippen molar-refractivity contribution in [3.05, 3.63) is 48.2 Å². The highest BCUT2D eigenvalue weighted by Crippen LogP contribution is 2.34. The van der Waals surface area contributed by atoms with Gasteiger partial charge in [-0.3, -0.25) is 0 Å². The SMILES string of the molecule is CCCC(C=COC)(CC)c1ccccc1. The van der Waals surface area contributed by atoms with Crippen LogP contribution in [0.3, 0.4) is 0 Å². The first-order valence-corrected chi connectivity index (χ1v) is 6.05. The topological polar surface area (TPSA) is 9.23 Å². The molecule has 1 heteroatoms. The molecule has 1 aromatic rings. The minimum atomic E-state index is 0.131. The molecular formula is C15H22O. The van der Waals surface area contributed by atoms with Gasteiger partial charge in [0.2, 0.25) is 0 Å². The van der Waals surface area contributed by atoms with Gasteiger partial charge in [0.25, 0.3) is 0 Å². The maximum atomic E-state index is 5.09. The fourth-order valence-electron chi connectivity index (χ4n) is 2.24. The summed E-state index contributed by atoms with van der Waals surface area (Å²) in [6.07, 6.45) is 7.45. The van der Waals surface area contributed by atoms with Gasteiger partial charge in [0.15, 0.2) is 0 Å². The molecule has 0 saturated carbocycles. The number of rotatable bonds is 6. The van der Waals surface area contributed by atoms with E-state index in [0.717, 1.165) is 12.8 Å². The van der Waals surface area contributed by atoms with Crippen molar-refractivity contribution in [2.45, 2.75) is 38.5 Å². The van der Waals surface area contributed by atoms with Gasteiger partial charge < -0.3 is 4.74 Å². The van der Waals surface area contributed by atoms with Gasteiger partial charge in [-0.1, -0.05) is 50.6 Å². The molecule has 0 aliphatic heterocycles. The molecule has 0 aromatic heterocycles. The van der Waals surface area contributed by atoms with E-state index >= 15 is 0 Å². The minimum Gasteiger partial charge on any atom is -0.505 e. The summed E-state index contributed by atoms with van der Waals surface area (Å²) < 4.78 is 5.09. The van der Waals surface area contributed by atoms with Crippen molar-refractivity contribution in [3.8, 4) is 0 Å². The molecule has 1 aromatic carbocycles. The Kier molecular flexibility index (Phi) is 5.10. The Morgan fingerprint density at radius 2 is 1.88 bits per heavy atom. The zero-order valence-corrected chi connectivity index (χ0v) is 10.6. The molecule has 0 spiro atoms. The number of benzene rings is 1. The summed E-state index contributed by atoms with van der Waals surface area (Å²) in [5, 5.41) is 0. The molecule has 1 rings (SSSR count). The predicted molar refractivity (Wildman–Crippen MR) is 69.5 cm³/mol. The van der Waals surface area contributed by atoms with E-state index in [-0.39, 0.29) is 5.41 Å². The Balaban J connectivity index is 3.06. The molecule has 0 heterocycles. The average molecular weight is 218 g/mol. The third-order valence-electron chi connectivity index (χ3n) is 3.20. The van der Waals surface area contributed by atoms with E-state index in [2.05, 4.69) is 50.3 Å². The first-order valence-electron chi connectivity index (χ1n) is 6.05. The van der Waals surface area contributed by atoms with E-state index in [1.54, 1.807) is 7.11 Å². The Labute approximate surface area is 99.1 Å². The Morgan fingerprint density at radius 1 is 1.19 bits per heavy atom. The molecule has 0 fully saturated rings. The smallest absolute Gasteiger partial charge is 0.0793 e. The fourth-order valence-corrected chi connectivity index (χ4v) is 2.24. The maximum absolute atomic E-state index is 5.09. The molecule has 1 atom stereocenters. The van der Waals surface area contributed by atoms with Gasteiger partial charge in [-0.15, -0.1) is 0 Å². The number of hydrogen-bond donors (Lipinski definition) is 0. The number of methoxy groups -OCH3 is 1. The van der Waals surface area contributed by atoms with Gasteiger partial charge in [-0.05, 0) is 24.5 Å². The molecule has 0 saturated heterocycles. The van der Waals surface area contributed by atoms with Crippen molar-refractivity contribution in [2.24, 2.45) is 0 Å². The molecule has 1 nitrogen and oxygen atoms in total. The van der Waals surface area contributed by atoms with Crippen LogP contribution in [0.15, 0.2) is 42.7 Å². The van der Waals surface area contributed by atoms with Crippen molar-refractivity contribution in [2.75, 3.05) is 7.11 Å². The summed E-state index contributed by atoms with van der Waals surface area (Å²) in [5.41, 5.74) is 1.51. The minimum absolute atomic E-state index is 0.131. The maximum Gasteiger partial charge on any atom is 0.0793 e.